The minimum atomic E-state index is -0.00646. The van der Waals surface area contributed by atoms with Crippen molar-refractivity contribution in [3.63, 3.8) is 0 Å². The summed E-state index contributed by atoms with van der Waals surface area (Å²) >= 11 is 0. The average Bonchev–Trinajstić information content (AvgIpc) is 3.26. The Labute approximate surface area is 164 Å². The van der Waals surface area contributed by atoms with Crippen LogP contribution in [0.2, 0.25) is 0 Å². The van der Waals surface area contributed by atoms with E-state index in [9.17, 15) is 4.79 Å². The number of ether oxygens (including phenoxy) is 1. The molecule has 0 bridgehead atoms. The molecule has 150 valence electrons. The second kappa shape index (κ2) is 9.01. The van der Waals surface area contributed by atoms with Crippen molar-refractivity contribution in [3.8, 4) is 0 Å². The van der Waals surface area contributed by atoms with Crippen molar-refractivity contribution >= 4 is 11.8 Å². The molecular weight excluding hydrogens is 358 g/mol. The second-order valence-electron chi connectivity index (χ2n) is 7.36. The fourth-order valence-corrected chi connectivity index (χ4v) is 3.82. The summed E-state index contributed by atoms with van der Waals surface area (Å²) in [6.07, 6.45) is 7.49. The molecule has 2 aliphatic rings. The van der Waals surface area contributed by atoms with E-state index in [4.69, 9.17) is 4.74 Å². The second-order valence-corrected chi connectivity index (χ2v) is 7.36. The van der Waals surface area contributed by atoms with Crippen LogP contribution in [0.4, 0.5) is 10.6 Å². The summed E-state index contributed by atoms with van der Waals surface area (Å²) in [5.74, 6) is 1.36. The van der Waals surface area contributed by atoms with Gasteiger partial charge in [-0.1, -0.05) is 5.21 Å². The number of amides is 2. The number of rotatable bonds is 5. The number of hydrogen-bond acceptors (Lipinski definition) is 6. The Kier molecular flexibility index (Phi) is 6.01. The molecule has 9 heteroatoms. The third-order valence-corrected chi connectivity index (χ3v) is 5.31. The highest BCUT2D eigenvalue weighted by atomic mass is 16.5. The minimum absolute atomic E-state index is 0.00646. The van der Waals surface area contributed by atoms with E-state index in [-0.39, 0.29) is 6.03 Å². The molecule has 0 aromatic carbocycles. The number of likely N-dealkylation sites (tertiary alicyclic amines) is 1. The van der Waals surface area contributed by atoms with Gasteiger partial charge in [0.1, 0.15) is 5.82 Å². The molecule has 28 heavy (non-hydrogen) atoms. The maximum absolute atomic E-state index is 12.6. The average molecular weight is 385 g/mol. The third-order valence-electron chi connectivity index (χ3n) is 5.31. The molecule has 4 rings (SSSR count). The highest BCUT2D eigenvalue weighted by molar-refractivity contribution is 5.74. The van der Waals surface area contributed by atoms with Gasteiger partial charge in [-0.3, -0.25) is 4.68 Å². The molecular formula is C19H27N7O2. The molecule has 2 aliphatic heterocycles. The Morgan fingerprint density at radius 3 is 2.96 bits per heavy atom. The van der Waals surface area contributed by atoms with Crippen molar-refractivity contribution in [2.24, 2.45) is 5.92 Å². The van der Waals surface area contributed by atoms with Crippen molar-refractivity contribution in [2.75, 3.05) is 44.3 Å². The van der Waals surface area contributed by atoms with Crippen LogP contribution in [-0.4, -0.2) is 70.3 Å². The standard InChI is InChI=1S/C19H27N7O2/c27-19(25-6-1-2-17(14-25)15-26-7-5-22-23-26)21-13-16-3-4-20-18(12-16)24-8-10-28-11-9-24/h3-5,7,12,17H,1-2,6,8-11,13-15H2,(H,21,27). The van der Waals surface area contributed by atoms with Gasteiger partial charge in [0.05, 0.1) is 19.4 Å². The molecule has 1 unspecified atom stereocenters. The van der Waals surface area contributed by atoms with Crippen molar-refractivity contribution in [1.82, 2.24) is 30.2 Å². The molecule has 0 spiro atoms. The Bertz CT molecular complexity index is 761. The first-order valence-electron chi connectivity index (χ1n) is 9.92. The van der Waals surface area contributed by atoms with Gasteiger partial charge in [-0.15, -0.1) is 5.10 Å². The number of morpholine rings is 1. The zero-order chi connectivity index (χ0) is 19.2. The molecule has 1 atom stereocenters. The SMILES string of the molecule is O=C(NCc1ccnc(N2CCOCC2)c1)N1CCCC(Cn2ccnn2)C1. The lowest BCUT2D eigenvalue weighted by atomic mass is 9.98. The number of carbonyl (C=O) groups is 1. The first kappa shape index (κ1) is 18.7. The first-order valence-corrected chi connectivity index (χ1v) is 9.92. The first-order chi connectivity index (χ1) is 13.8. The maximum Gasteiger partial charge on any atom is 0.317 e. The van der Waals surface area contributed by atoms with Crippen molar-refractivity contribution in [1.29, 1.82) is 0 Å². The van der Waals surface area contributed by atoms with Crippen LogP contribution in [0.1, 0.15) is 18.4 Å². The van der Waals surface area contributed by atoms with Crippen LogP contribution in [0.15, 0.2) is 30.7 Å². The molecule has 2 aromatic heterocycles. The Hall–Kier alpha value is -2.68. The summed E-state index contributed by atoms with van der Waals surface area (Å²) < 4.78 is 7.24. The van der Waals surface area contributed by atoms with Crippen LogP contribution < -0.4 is 10.2 Å². The Morgan fingerprint density at radius 1 is 1.25 bits per heavy atom. The van der Waals surface area contributed by atoms with Gasteiger partial charge in [-0.2, -0.15) is 0 Å². The van der Waals surface area contributed by atoms with Gasteiger partial charge in [0, 0.05) is 51.7 Å². The zero-order valence-electron chi connectivity index (χ0n) is 16.0. The number of urea groups is 1. The largest absolute Gasteiger partial charge is 0.378 e. The minimum Gasteiger partial charge on any atom is -0.378 e. The summed E-state index contributed by atoms with van der Waals surface area (Å²) in [6, 6.07) is 4.00. The van der Waals surface area contributed by atoms with E-state index in [1.54, 1.807) is 12.4 Å². The van der Waals surface area contributed by atoms with E-state index < -0.39 is 0 Å². The van der Waals surface area contributed by atoms with Crippen molar-refractivity contribution < 1.29 is 9.53 Å². The van der Waals surface area contributed by atoms with Crippen LogP contribution in [0, 0.1) is 5.92 Å². The lowest BCUT2D eigenvalue weighted by molar-refractivity contribution is 0.122. The van der Waals surface area contributed by atoms with Gasteiger partial charge < -0.3 is 19.9 Å². The van der Waals surface area contributed by atoms with Crippen LogP contribution in [0.3, 0.4) is 0 Å². The van der Waals surface area contributed by atoms with Gasteiger partial charge in [0.25, 0.3) is 0 Å². The number of nitrogens with one attached hydrogen (secondary N) is 1. The third kappa shape index (κ3) is 4.78. The van der Waals surface area contributed by atoms with Gasteiger partial charge in [-0.25, -0.2) is 9.78 Å². The van der Waals surface area contributed by atoms with Crippen LogP contribution in [0.25, 0.3) is 0 Å². The number of pyridine rings is 1. The van der Waals surface area contributed by atoms with Crippen LogP contribution in [-0.2, 0) is 17.8 Å². The smallest absolute Gasteiger partial charge is 0.317 e. The number of carbonyl (C=O) groups excluding carboxylic acids is 1. The van der Waals surface area contributed by atoms with E-state index in [2.05, 4.69) is 31.6 Å². The molecule has 0 saturated carbocycles. The van der Waals surface area contributed by atoms with Gasteiger partial charge >= 0.3 is 6.03 Å². The van der Waals surface area contributed by atoms with Crippen molar-refractivity contribution in [2.45, 2.75) is 25.9 Å². The Balaban J connectivity index is 1.29. The highest BCUT2D eigenvalue weighted by Gasteiger charge is 2.24. The monoisotopic (exact) mass is 385 g/mol. The maximum atomic E-state index is 12.6. The molecule has 2 fully saturated rings. The number of hydrogen-bond donors (Lipinski definition) is 1. The lowest BCUT2D eigenvalue weighted by Crippen LogP contribution is -2.46. The van der Waals surface area contributed by atoms with E-state index in [1.165, 1.54) is 0 Å². The molecule has 4 heterocycles. The van der Waals surface area contributed by atoms with E-state index in [0.29, 0.717) is 12.5 Å². The number of aromatic nitrogens is 4. The van der Waals surface area contributed by atoms with Crippen LogP contribution >= 0.6 is 0 Å². The molecule has 0 radical (unpaired) electrons. The molecule has 2 aromatic rings. The topological polar surface area (TPSA) is 88.4 Å². The van der Waals surface area contributed by atoms with Crippen molar-refractivity contribution in [3.05, 3.63) is 36.3 Å². The molecule has 0 aliphatic carbocycles. The number of anilines is 1. The van der Waals surface area contributed by atoms with Crippen LogP contribution in [0.5, 0.6) is 0 Å². The number of nitrogens with zero attached hydrogens (tertiary/aromatic N) is 6. The molecule has 9 nitrogen and oxygen atoms in total. The summed E-state index contributed by atoms with van der Waals surface area (Å²) in [5, 5.41) is 10.9. The Morgan fingerprint density at radius 2 is 2.14 bits per heavy atom. The quantitative estimate of drug-likeness (QED) is 0.830. The normalized spacial score (nSPS) is 20.2. The summed E-state index contributed by atoms with van der Waals surface area (Å²) in [5.41, 5.74) is 1.06. The lowest BCUT2D eigenvalue weighted by Gasteiger charge is -2.32. The fraction of sp³-hybridized carbons (Fsp3) is 0.579. The van der Waals surface area contributed by atoms with E-state index >= 15 is 0 Å². The molecule has 1 N–H and O–H groups in total. The number of piperidine rings is 1. The fourth-order valence-electron chi connectivity index (χ4n) is 3.82. The zero-order valence-corrected chi connectivity index (χ0v) is 16.0. The molecule has 2 amide bonds. The van der Waals surface area contributed by atoms with E-state index in [1.807, 2.05) is 21.8 Å². The predicted molar refractivity (Wildman–Crippen MR) is 104 cm³/mol. The molecule has 2 saturated heterocycles. The summed E-state index contributed by atoms with van der Waals surface area (Å²) in [7, 11) is 0. The summed E-state index contributed by atoms with van der Waals surface area (Å²) in [6.45, 7) is 6.02. The van der Waals surface area contributed by atoms with E-state index in [0.717, 1.165) is 70.2 Å². The van der Waals surface area contributed by atoms with Gasteiger partial charge in [0.2, 0.25) is 0 Å². The van der Waals surface area contributed by atoms with Gasteiger partial charge in [-0.05, 0) is 36.5 Å². The highest BCUT2D eigenvalue weighted by Crippen LogP contribution is 2.18. The predicted octanol–water partition coefficient (Wildman–Crippen LogP) is 1.13. The van der Waals surface area contributed by atoms with Gasteiger partial charge in [0.15, 0.2) is 0 Å². The summed E-state index contributed by atoms with van der Waals surface area (Å²) in [4.78, 5) is 21.2.